The molecule has 2 aromatic rings. The van der Waals surface area contributed by atoms with E-state index in [0.717, 1.165) is 28.9 Å². The van der Waals surface area contributed by atoms with Crippen LogP contribution in [0.3, 0.4) is 0 Å². The maximum Gasteiger partial charge on any atom is 0.295 e. The second-order valence-corrected chi connectivity index (χ2v) is 8.07. The van der Waals surface area contributed by atoms with Gasteiger partial charge in [0.1, 0.15) is 11.5 Å². The first-order chi connectivity index (χ1) is 15.4. The molecular formula is C26H31NO5. The molecule has 6 heteroatoms. The third-order valence-electron chi connectivity index (χ3n) is 5.60. The minimum absolute atomic E-state index is 0.114. The topological polar surface area (TPSA) is 76.1 Å². The molecule has 170 valence electrons. The maximum atomic E-state index is 13.1. The summed E-state index contributed by atoms with van der Waals surface area (Å²) in [7, 11) is 1.60. The number of nitrogens with zero attached hydrogens (tertiary/aromatic N) is 1. The highest BCUT2D eigenvalue weighted by Gasteiger charge is 2.45. The Morgan fingerprint density at radius 3 is 2.44 bits per heavy atom. The average Bonchev–Trinajstić information content (AvgIpc) is 3.04. The molecule has 1 amide bonds. The highest BCUT2D eigenvalue weighted by atomic mass is 16.5. The fourth-order valence-corrected chi connectivity index (χ4v) is 3.94. The Labute approximate surface area is 189 Å². The number of aryl methyl sites for hydroxylation is 2. The van der Waals surface area contributed by atoms with Crippen molar-refractivity contribution in [2.75, 3.05) is 26.9 Å². The van der Waals surface area contributed by atoms with Crippen molar-refractivity contribution in [2.45, 2.75) is 39.7 Å². The maximum absolute atomic E-state index is 13.1. The molecule has 2 aromatic carbocycles. The van der Waals surface area contributed by atoms with Crippen molar-refractivity contribution in [3.05, 3.63) is 70.3 Å². The van der Waals surface area contributed by atoms with Gasteiger partial charge >= 0.3 is 0 Å². The van der Waals surface area contributed by atoms with Crippen LogP contribution in [-0.2, 0) is 14.3 Å². The molecule has 3 rings (SSSR count). The Morgan fingerprint density at radius 2 is 1.78 bits per heavy atom. The van der Waals surface area contributed by atoms with Crippen molar-refractivity contribution in [1.82, 2.24) is 4.90 Å². The fourth-order valence-electron chi connectivity index (χ4n) is 3.94. The van der Waals surface area contributed by atoms with Crippen molar-refractivity contribution in [1.29, 1.82) is 0 Å². The number of amides is 1. The Morgan fingerprint density at radius 1 is 1.06 bits per heavy atom. The van der Waals surface area contributed by atoms with E-state index in [1.165, 1.54) is 4.90 Å². The number of carbonyl (C=O) groups excluding carboxylic acids is 2. The molecule has 1 fully saturated rings. The van der Waals surface area contributed by atoms with Gasteiger partial charge in [-0.15, -0.1) is 0 Å². The molecule has 1 atom stereocenters. The zero-order chi connectivity index (χ0) is 23.3. The van der Waals surface area contributed by atoms with Gasteiger partial charge in [0.05, 0.1) is 18.2 Å². The molecule has 0 radical (unpaired) electrons. The van der Waals surface area contributed by atoms with Crippen molar-refractivity contribution in [3.8, 4) is 5.75 Å². The first kappa shape index (κ1) is 23.5. The van der Waals surface area contributed by atoms with E-state index in [9.17, 15) is 14.7 Å². The fraction of sp³-hybridized carbons (Fsp3) is 0.385. The van der Waals surface area contributed by atoms with E-state index >= 15 is 0 Å². The number of ether oxygens (including phenoxy) is 2. The van der Waals surface area contributed by atoms with Crippen LogP contribution >= 0.6 is 0 Å². The highest BCUT2D eigenvalue weighted by molar-refractivity contribution is 6.46. The van der Waals surface area contributed by atoms with Gasteiger partial charge in [0.2, 0.25) is 0 Å². The summed E-state index contributed by atoms with van der Waals surface area (Å²) in [6.07, 6.45) is 1.48. The lowest BCUT2D eigenvalue weighted by molar-refractivity contribution is -0.140. The Kier molecular flexibility index (Phi) is 7.70. The van der Waals surface area contributed by atoms with Crippen LogP contribution in [0.2, 0.25) is 0 Å². The molecule has 0 spiro atoms. The summed E-state index contributed by atoms with van der Waals surface area (Å²) >= 11 is 0. The number of aliphatic hydroxyl groups excluding tert-OH is 1. The van der Waals surface area contributed by atoms with Gasteiger partial charge < -0.3 is 19.5 Å². The summed E-state index contributed by atoms with van der Waals surface area (Å²) in [6, 6.07) is 12.4. The predicted octanol–water partition coefficient (Wildman–Crippen LogP) is 4.55. The van der Waals surface area contributed by atoms with Crippen molar-refractivity contribution >= 4 is 17.4 Å². The largest absolute Gasteiger partial charge is 0.507 e. The zero-order valence-electron chi connectivity index (χ0n) is 19.2. The van der Waals surface area contributed by atoms with Crippen LogP contribution in [0.4, 0.5) is 0 Å². The third kappa shape index (κ3) is 4.86. The molecule has 6 nitrogen and oxygen atoms in total. The second kappa shape index (κ2) is 10.5. The number of Topliss-reactive ketones (excluding diaryl/α,β-unsaturated/α-hetero) is 1. The van der Waals surface area contributed by atoms with Gasteiger partial charge in [-0.3, -0.25) is 9.59 Å². The monoisotopic (exact) mass is 437 g/mol. The third-order valence-corrected chi connectivity index (χ3v) is 5.60. The molecule has 0 bridgehead atoms. The molecule has 1 aliphatic heterocycles. The molecule has 0 aromatic heterocycles. The summed E-state index contributed by atoms with van der Waals surface area (Å²) < 4.78 is 10.8. The van der Waals surface area contributed by atoms with E-state index in [0.29, 0.717) is 31.7 Å². The normalized spacial score (nSPS) is 17.8. The number of methoxy groups -OCH3 is 1. The van der Waals surface area contributed by atoms with Crippen molar-refractivity contribution in [2.24, 2.45) is 0 Å². The molecule has 0 aliphatic carbocycles. The van der Waals surface area contributed by atoms with Crippen molar-refractivity contribution in [3.63, 3.8) is 0 Å². The first-order valence-electron chi connectivity index (χ1n) is 11.0. The van der Waals surface area contributed by atoms with Gasteiger partial charge in [0, 0.05) is 25.8 Å². The molecular weight excluding hydrogens is 406 g/mol. The van der Waals surface area contributed by atoms with Crippen LogP contribution in [0.15, 0.2) is 48.0 Å². The van der Waals surface area contributed by atoms with Crippen LogP contribution in [0.1, 0.15) is 48.1 Å². The van der Waals surface area contributed by atoms with Crippen molar-refractivity contribution < 1.29 is 24.2 Å². The van der Waals surface area contributed by atoms with Gasteiger partial charge in [-0.25, -0.2) is 0 Å². The van der Waals surface area contributed by atoms with Gasteiger partial charge in [-0.05, 0) is 56.0 Å². The predicted molar refractivity (Wildman–Crippen MR) is 124 cm³/mol. The summed E-state index contributed by atoms with van der Waals surface area (Å²) in [6.45, 7) is 7.26. The van der Waals surface area contributed by atoms with Crippen LogP contribution in [-0.4, -0.2) is 48.6 Å². The van der Waals surface area contributed by atoms with Gasteiger partial charge in [-0.2, -0.15) is 0 Å². The van der Waals surface area contributed by atoms with E-state index in [1.807, 2.05) is 63.2 Å². The molecule has 1 unspecified atom stereocenters. The molecule has 1 aliphatic rings. The van der Waals surface area contributed by atoms with E-state index in [-0.39, 0.29) is 11.3 Å². The summed E-state index contributed by atoms with van der Waals surface area (Å²) in [5.74, 6) is -0.696. The molecule has 1 N–H and O–H groups in total. The lowest BCUT2D eigenvalue weighted by Gasteiger charge is -2.25. The lowest BCUT2D eigenvalue weighted by Crippen LogP contribution is -2.31. The number of hydrogen-bond acceptors (Lipinski definition) is 5. The minimum Gasteiger partial charge on any atom is -0.507 e. The Bertz CT molecular complexity index is 1010. The lowest BCUT2D eigenvalue weighted by atomic mass is 9.93. The Hall–Kier alpha value is -3.12. The van der Waals surface area contributed by atoms with Crippen LogP contribution in [0, 0.1) is 13.8 Å². The molecule has 1 heterocycles. The highest BCUT2D eigenvalue weighted by Crippen LogP contribution is 2.40. The SMILES string of the molecule is CCCOc1ccc(C2C(=C(O)c3cc(C)ccc3C)C(=O)C(=O)N2CCCOC)cc1. The molecule has 0 saturated carbocycles. The molecule has 1 saturated heterocycles. The van der Waals surface area contributed by atoms with Crippen LogP contribution < -0.4 is 4.74 Å². The average molecular weight is 438 g/mol. The van der Waals surface area contributed by atoms with Gasteiger partial charge in [0.25, 0.3) is 11.7 Å². The van der Waals surface area contributed by atoms with Crippen LogP contribution in [0.25, 0.3) is 5.76 Å². The van der Waals surface area contributed by atoms with E-state index < -0.39 is 17.7 Å². The number of hydrogen-bond donors (Lipinski definition) is 1. The number of carbonyl (C=O) groups is 2. The number of benzene rings is 2. The second-order valence-electron chi connectivity index (χ2n) is 8.07. The standard InChI is InChI=1S/C26H31NO5/c1-5-14-32-20-11-9-19(10-12-20)23-22(24(28)21-16-17(2)7-8-18(21)3)25(29)26(30)27(23)13-6-15-31-4/h7-12,16,23,28H,5-6,13-15H2,1-4H3. The number of ketones is 1. The summed E-state index contributed by atoms with van der Waals surface area (Å²) in [4.78, 5) is 27.6. The number of aliphatic hydroxyl groups is 1. The first-order valence-corrected chi connectivity index (χ1v) is 11.0. The van der Waals surface area contributed by atoms with E-state index in [4.69, 9.17) is 9.47 Å². The number of rotatable bonds is 9. The van der Waals surface area contributed by atoms with Gasteiger partial charge in [0.15, 0.2) is 0 Å². The summed E-state index contributed by atoms with van der Waals surface area (Å²) in [5.41, 5.74) is 3.22. The quantitative estimate of drug-likeness (QED) is 0.270. The summed E-state index contributed by atoms with van der Waals surface area (Å²) in [5, 5.41) is 11.2. The Balaban J connectivity index is 2.09. The number of likely N-dealkylation sites (tertiary alicyclic amines) is 1. The van der Waals surface area contributed by atoms with Crippen LogP contribution in [0.5, 0.6) is 5.75 Å². The minimum atomic E-state index is -0.674. The van der Waals surface area contributed by atoms with Gasteiger partial charge in [-0.1, -0.05) is 36.8 Å². The molecule has 32 heavy (non-hydrogen) atoms. The van der Waals surface area contributed by atoms with E-state index in [1.54, 1.807) is 7.11 Å². The zero-order valence-corrected chi connectivity index (χ0v) is 19.2. The van der Waals surface area contributed by atoms with E-state index in [2.05, 4.69) is 0 Å². The smallest absolute Gasteiger partial charge is 0.295 e.